The number of nitriles is 1. The van der Waals surface area contributed by atoms with E-state index in [2.05, 4.69) is 16.0 Å². The van der Waals surface area contributed by atoms with E-state index >= 15 is 0 Å². The minimum atomic E-state index is -0.845. The number of hydrogen-bond donors (Lipinski definition) is 1. The van der Waals surface area contributed by atoms with Gasteiger partial charge in [0.2, 0.25) is 0 Å². The quantitative estimate of drug-likeness (QED) is 0.737. The fourth-order valence-electron chi connectivity index (χ4n) is 3.71. The van der Waals surface area contributed by atoms with Crippen molar-refractivity contribution in [3.05, 3.63) is 83.8 Å². The molecule has 0 amide bonds. The zero-order chi connectivity index (χ0) is 20.4. The average Bonchev–Trinajstić information content (AvgIpc) is 2.74. The first-order chi connectivity index (χ1) is 14.0. The molecule has 0 saturated heterocycles. The van der Waals surface area contributed by atoms with E-state index in [0.717, 1.165) is 16.9 Å². The third-order valence-corrected chi connectivity index (χ3v) is 5.20. The fraction of sp³-hybridized carbons (Fsp3) is 0.261. The summed E-state index contributed by atoms with van der Waals surface area (Å²) in [4.78, 5) is 10.8. The number of nitrogens with zero attached hydrogens (tertiary/aromatic N) is 4. The van der Waals surface area contributed by atoms with Crippen LogP contribution in [-0.4, -0.2) is 26.8 Å². The molecule has 0 aliphatic carbocycles. The van der Waals surface area contributed by atoms with Gasteiger partial charge in [-0.25, -0.2) is 4.98 Å². The first-order valence-corrected chi connectivity index (χ1v) is 9.47. The van der Waals surface area contributed by atoms with Crippen LogP contribution in [-0.2, 0) is 6.54 Å². The lowest BCUT2D eigenvalue weighted by molar-refractivity contribution is -0.0591. The Morgan fingerprint density at radius 2 is 2.03 bits per heavy atom. The summed E-state index contributed by atoms with van der Waals surface area (Å²) in [6.45, 7) is 4.23. The van der Waals surface area contributed by atoms with Crippen LogP contribution < -0.4 is 9.64 Å². The Bertz CT molecular complexity index is 1030. The molecule has 0 bridgehead atoms. The Hall–Kier alpha value is -3.43. The van der Waals surface area contributed by atoms with Gasteiger partial charge in [-0.05, 0) is 55.8 Å². The molecule has 1 aliphatic rings. The maximum atomic E-state index is 11.3. The molecule has 2 atom stereocenters. The van der Waals surface area contributed by atoms with Gasteiger partial charge in [0, 0.05) is 30.7 Å². The monoisotopic (exact) mass is 386 g/mol. The molecule has 6 nitrogen and oxygen atoms in total. The van der Waals surface area contributed by atoms with Crippen LogP contribution in [0, 0.1) is 11.3 Å². The summed E-state index contributed by atoms with van der Waals surface area (Å²) in [5.74, 6) is 1.39. The molecule has 0 spiro atoms. The normalized spacial score (nSPS) is 19.5. The van der Waals surface area contributed by atoms with Gasteiger partial charge in [0.05, 0.1) is 17.7 Å². The van der Waals surface area contributed by atoms with Gasteiger partial charge in [-0.15, -0.1) is 0 Å². The molecule has 1 aromatic carbocycles. The first-order valence-electron chi connectivity index (χ1n) is 9.47. The Morgan fingerprint density at radius 1 is 1.17 bits per heavy atom. The van der Waals surface area contributed by atoms with E-state index < -0.39 is 17.7 Å². The lowest BCUT2D eigenvalue weighted by atomic mass is 9.84. The smallest absolute Gasteiger partial charge is 0.132 e. The van der Waals surface area contributed by atoms with Crippen molar-refractivity contribution in [1.29, 1.82) is 5.26 Å². The summed E-state index contributed by atoms with van der Waals surface area (Å²) < 4.78 is 6.08. The van der Waals surface area contributed by atoms with E-state index in [1.165, 1.54) is 0 Å². The van der Waals surface area contributed by atoms with Crippen LogP contribution >= 0.6 is 0 Å². The molecular formula is C23H22N4O2. The van der Waals surface area contributed by atoms with E-state index in [9.17, 15) is 10.4 Å². The molecule has 0 radical (unpaired) electrons. The number of fused-ring (bicyclic) bond motifs is 1. The molecule has 0 unspecified atom stereocenters. The van der Waals surface area contributed by atoms with Gasteiger partial charge < -0.3 is 14.7 Å². The summed E-state index contributed by atoms with van der Waals surface area (Å²) in [5, 5.41) is 20.7. The predicted octanol–water partition coefficient (Wildman–Crippen LogP) is 3.63. The van der Waals surface area contributed by atoms with Crippen LogP contribution in [0.2, 0.25) is 0 Å². The number of aliphatic hydroxyl groups is 1. The molecule has 1 aliphatic heterocycles. The van der Waals surface area contributed by atoms with E-state index in [-0.39, 0.29) is 0 Å². The molecular weight excluding hydrogens is 364 g/mol. The lowest BCUT2D eigenvalue weighted by Gasteiger charge is -2.46. The van der Waals surface area contributed by atoms with Gasteiger partial charge in [0.1, 0.15) is 23.3 Å². The minimum Gasteiger partial charge on any atom is -0.485 e. The van der Waals surface area contributed by atoms with E-state index in [1.54, 1.807) is 36.8 Å². The van der Waals surface area contributed by atoms with Crippen LogP contribution in [0.25, 0.3) is 0 Å². The molecule has 2 aromatic heterocycles. The fourth-order valence-corrected chi connectivity index (χ4v) is 3.71. The van der Waals surface area contributed by atoms with Gasteiger partial charge in [0.25, 0.3) is 0 Å². The Morgan fingerprint density at radius 3 is 2.72 bits per heavy atom. The summed E-state index contributed by atoms with van der Waals surface area (Å²) in [6.07, 6.45) is 4.42. The van der Waals surface area contributed by atoms with E-state index in [1.807, 2.05) is 49.1 Å². The Labute approximate surface area is 170 Å². The summed E-state index contributed by atoms with van der Waals surface area (Å²) in [5.41, 5.74) is 1.47. The lowest BCUT2D eigenvalue weighted by Crippen LogP contribution is -2.53. The van der Waals surface area contributed by atoms with Crippen molar-refractivity contribution in [2.24, 2.45) is 0 Å². The molecule has 1 N–H and O–H groups in total. The molecule has 0 saturated carbocycles. The van der Waals surface area contributed by atoms with Crippen molar-refractivity contribution in [1.82, 2.24) is 9.97 Å². The molecule has 0 fully saturated rings. The van der Waals surface area contributed by atoms with Crippen molar-refractivity contribution in [2.45, 2.75) is 38.1 Å². The number of ether oxygens (including phenoxy) is 1. The minimum absolute atomic E-state index is 0.447. The van der Waals surface area contributed by atoms with Crippen molar-refractivity contribution < 1.29 is 9.84 Å². The van der Waals surface area contributed by atoms with Crippen molar-refractivity contribution in [3.8, 4) is 11.8 Å². The zero-order valence-electron chi connectivity index (χ0n) is 16.4. The highest BCUT2D eigenvalue weighted by molar-refractivity contribution is 5.52. The second-order valence-corrected chi connectivity index (χ2v) is 7.64. The van der Waals surface area contributed by atoms with Crippen molar-refractivity contribution in [3.63, 3.8) is 0 Å². The summed E-state index contributed by atoms with van der Waals surface area (Å²) >= 11 is 0. The topological polar surface area (TPSA) is 82.3 Å². The van der Waals surface area contributed by atoms with E-state index in [4.69, 9.17) is 4.74 Å². The molecule has 6 heteroatoms. The van der Waals surface area contributed by atoms with Gasteiger partial charge in [-0.1, -0.05) is 12.1 Å². The van der Waals surface area contributed by atoms with Gasteiger partial charge in [-0.3, -0.25) is 4.98 Å². The molecule has 4 rings (SSSR count). The average molecular weight is 386 g/mol. The molecule has 3 heterocycles. The van der Waals surface area contributed by atoms with Crippen molar-refractivity contribution >= 4 is 5.82 Å². The van der Waals surface area contributed by atoms with Gasteiger partial charge in [-0.2, -0.15) is 5.26 Å². The van der Waals surface area contributed by atoms with Gasteiger partial charge >= 0.3 is 0 Å². The highest BCUT2D eigenvalue weighted by Crippen LogP contribution is 2.44. The maximum Gasteiger partial charge on any atom is 0.132 e. The Kier molecular flexibility index (Phi) is 4.91. The predicted molar refractivity (Wildman–Crippen MR) is 109 cm³/mol. The third kappa shape index (κ3) is 3.65. The SMILES string of the molecule is CC1(C)Oc2ccc(C#N)cc2[C@H](N(Cc2cccnc2)c2ccccn2)[C@H]1O. The van der Waals surface area contributed by atoms with Crippen LogP contribution in [0.15, 0.2) is 67.1 Å². The standard InChI is InChI=1S/C23H22N4O2/c1-23(2)22(28)21(18-12-16(13-24)8-9-19(18)29-23)27(20-7-3-4-11-26-20)15-17-6-5-10-25-14-17/h3-12,14,21-22,28H,15H2,1-2H3/t21-,22+/m0/s1. The van der Waals surface area contributed by atoms with Gasteiger partial charge in [0.15, 0.2) is 0 Å². The largest absolute Gasteiger partial charge is 0.485 e. The Balaban J connectivity index is 1.87. The number of anilines is 1. The first kappa shape index (κ1) is 18.9. The van der Waals surface area contributed by atoms with Crippen LogP contribution in [0.1, 0.15) is 36.6 Å². The van der Waals surface area contributed by atoms with E-state index in [0.29, 0.717) is 17.9 Å². The number of pyridine rings is 2. The molecule has 3 aromatic rings. The summed E-state index contributed by atoms with van der Waals surface area (Å²) in [6, 6.07) is 16.6. The molecule has 146 valence electrons. The summed E-state index contributed by atoms with van der Waals surface area (Å²) in [7, 11) is 0. The maximum absolute atomic E-state index is 11.3. The number of rotatable bonds is 4. The highest BCUT2D eigenvalue weighted by atomic mass is 16.5. The van der Waals surface area contributed by atoms with Crippen LogP contribution in [0.3, 0.4) is 0 Å². The zero-order valence-corrected chi connectivity index (χ0v) is 16.4. The third-order valence-electron chi connectivity index (χ3n) is 5.20. The van der Waals surface area contributed by atoms with Crippen molar-refractivity contribution in [2.75, 3.05) is 4.90 Å². The number of aromatic nitrogens is 2. The van der Waals surface area contributed by atoms with Crippen LogP contribution in [0.4, 0.5) is 5.82 Å². The second-order valence-electron chi connectivity index (χ2n) is 7.64. The highest BCUT2D eigenvalue weighted by Gasteiger charge is 2.46. The number of aliphatic hydroxyl groups excluding tert-OH is 1. The number of benzene rings is 1. The second kappa shape index (κ2) is 7.53. The number of hydrogen-bond acceptors (Lipinski definition) is 6. The van der Waals surface area contributed by atoms with Crippen LogP contribution in [0.5, 0.6) is 5.75 Å². The molecule has 29 heavy (non-hydrogen) atoms.